The molecule has 6 nitrogen and oxygen atoms in total. The third-order valence-electron chi connectivity index (χ3n) is 2.60. The minimum Gasteiger partial charge on any atom is -0.360 e. The SMILES string of the molecule is CC(C)CNc1nnc(SCc2nc(-c3cccs3)no2)s1. The summed E-state index contributed by atoms with van der Waals surface area (Å²) in [6.07, 6.45) is 0. The maximum absolute atomic E-state index is 5.26. The number of thioether (sulfide) groups is 1. The minimum atomic E-state index is 0.578. The zero-order valence-electron chi connectivity index (χ0n) is 12.1. The summed E-state index contributed by atoms with van der Waals surface area (Å²) in [5.74, 6) is 2.41. The van der Waals surface area contributed by atoms with Gasteiger partial charge in [0, 0.05) is 6.54 Å². The number of anilines is 1. The highest BCUT2D eigenvalue weighted by molar-refractivity contribution is 8.00. The monoisotopic (exact) mass is 353 g/mol. The summed E-state index contributed by atoms with van der Waals surface area (Å²) < 4.78 is 6.15. The van der Waals surface area contributed by atoms with Crippen molar-refractivity contribution in [1.82, 2.24) is 20.3 Å². The van der Waals surface area contributed by atoms with Crippen molar-refractivity contribution in [3.8, 4) is 10.7 Å². The largest absolute Gasteiger partial charge is 0.360 e. The van der Waals surface area contributed by atoms with Gasteiger partial charge in [-0.25, -0.2) is 0 Å². The van der Waals surface area contributed by atoms with Crippen molar-refractivity contribution in [1.29, 1.82) is 0 Å². The second kappa shape index (κ2) is 7.21. The van der Waals surface area contributed by atoms with Crippen LogP contribution in [0.4, 0.5) is 5.13 Å². The molecule has 0 aliphatic heterocycles. The molecule has 0 amide bonds. The Labute approximate surface area is 140 Å². The summed E-state index contributed by atoms with van der Waals surface area (Å²) in [6.45, 7) is 5.21. The zero-order valence-corrected chi connectivity index (χ0v) is 14.6. The van der Waals surface area contributed by atoms with Gasteiger partial charge in [-0.2, -0.15) is 4.98 Å². The van der Waals surface area contributed by atoms with Crippen LogP contribution in [0.5, 0.6) is 0 Å². The van der Waals surface area contributed by atoms with Gasteiger partial charge in [0.2, 0.25) is 16.8 Å². The highest BCUT2D eigenvalue weighted by Gasteiger charge is 2.11. The van der Waals surface area contributed by atoms with Crippen LogP contribution in [0.1, 0.15) is 19.7 Å². The molecule has 0 atom stereocenters. The molecule has 1 N–H and O–H groups in total. The Balaban J connectivity index is 1.54. The van der Waals surface area contributed by atoms with Gasteiger partial charge >= 0.3 is 0 Å². The molecule has 0 aliphatic rings. The van der Waals surface area contributed by atoms with Gasteiger partial charge in [-0.3, -0.25) is 0 Å². The van der Waals surface area contributed by atoms with Crippen molar-refractivity contribution >= 4 is 39.6 Å². The normalized spacial score (nSPS) is 11.2. The first kappa shape index (κ1) is 15.4. The molecule has 0 aliphatic carbocycles. The van der Waals surface area contributed by atoms with Gasteiger partial charge in [-0.15, -0.1) is 21.5 Å². The van der Waals surface area contributed by atoms with E-state index in [2.05, 4.69) is 39.5 Å². The first-order valence-electron chi connectivity index (χ1n) is 6.77. The van der Waals surface area contributed by atoms with Gasteiger partial charge in [0.25, 0.3) is 0 Å². The maximum Gasteiger partial charge on any atom is 0.237 e. The van der Waals surface area contributed by atoms with Crippen molar-refractivity contribution in [2.45, 2.75) is 23.9 Å². The number of rotatable bonds is 7. The molecule has 3 aromatic rings. The first-order chi connectivity index (χ1) is 10.7. The van der Waals surface area contributed by atoms with E-state index in [1.165, 1.54) is 0 Å². The summed E-state index contributed by atoms with van der Waals surface area (Å²) in [7, 11) is 0. The number of aromatic nitrogens is 4. The molecule has 116 valence electrons. The Morgan fingerprint density at radius 2 is 2.27 bits per heavy atom. The van der Waals surface area contributed by atoms with E-state index in [-0.39, 0.29) is 0 Å². The van der Waals surface area contributed by atoms with Gasteiger partial charge in [-0.05, 0) is 17.4 Å². The van der Waals surface area contributed by atoms with Crippen molar-refractivity contribution in [3.05, 3.63) is 23.4 Å². The fourth-order valence-corrected chi connectivity index (χ4v) is 3.82. The van der Waals surface area contributed by atoms with Crippen molar-refractivity contribution in [3.63, 3.8) is 0 Å². The second-order valence-corrected chi connectivity index (χ2v) is 8.07. The quantitative estimate of drug-likeness (QED) is 0.643. The molecule has 0 aromatic carbocycles. The summed E-state index contributed by atoms with van der Waals surface area (Å²) in [5, 5.41) is 18.4. The number of nitrogens with zero attached hydrogens (tertiary/aromatic N) is 4. The summed E-state index contributed by atoms with van der Waals surface area (Å²) in [6, 6.07) is 3.95. The van der Waals surface area contributed by atoms with Crippen LogP contribution in [0.25, 0.3) is 10.7 Å². The molecule has 0 bridgehead atoms. The third kappa shape index (κ3) is 4.05. The van der Waals surface area contributed by atoms with E-state index in [0.717, 1.165) is 20.9 Å². The lowest BCUT2D eigenvalue weighted by Gasteiger charge is -2.03. The molecular formula is C13H15N5OS3. The summed E-state index contributed by atoms with van der Waals surface area (Å²) >= 11 is 4.69. The van der Waals surface area contributed by atoms with Crippen LogP contribution in [0.15, 0.2) is 26.4 Å². The van der Waals surface area contributed by atoms with E-state index >= 15 is 0 Å². The average Bonchev–Trinajstić information content (AvgIpc) is 3.23. The fourth-order valence-electron chi connectivity index (χ4n) is 1.57. The van der Waals surface area contributed by atoms with Crippen LogP contribution in [0.3, 0.4) is 0 Å². The third-order valence-corrected chi connectivity index (χ3v) is 5.46. The molecule has 0 unspecified atom stereocenters. The lowest BCUT2D eigenvalue weighted by molar-refractivity contribution is 0.392. The van der Waals surface area contributed by atoms with Gasteiger partial charge in [0.05, 0.1) is 10.6 Å². The second-order valence-electron chi connectivity index (χ2n) is 4.93. The topological polar surface area (TPSA) is 76.7 Å². The average molecular weight is 353 g/mol. The lowest BCUT2D eigenvalue weighted by atomic mass is 10.2. The number of hydrogen-bond acceptors (Lipinski definition) is 9. The standard InChI is InChI=1S/C13H15N5OS3/c1-8(2)6-14-12-16-17-13(22-12)21-7-10-15-11(18-19-10)9-4-3-5-20-9/h3-5,8H,6-7H2,1-2H3,(H,14,16). The van der Waals surface area contributed by atoms with E-state index in [1.807, 2.05) is 17.5 Å². The van der Waals surface area contributed by atoms with Crippen LogP contribution < -0.4 is 5.32 Å². The summed E-state index contributed by atoms with van der Waals surface area (Å²) in [4.78, 5) is 5.40. The van der Waals surface area contributed by atoms with Crippen LogP contribution in [0, 0.1) is 5.92 Å². The van der Waals surface area contributed by atoms with Crippen molar-refractivity contribution < 1.29 is 4.52 Å². The minimum absolute atomic E-state index is 0.578. The van der Waals surface area contributed by atoms with E-state index in [9.17, 15) is 0 Å². The Bertz CT molecular complexity index is 707. The zero-order chi connectivity index (χ0) is 15.4. The Kier molecular flexibility index (Phi) is 5.06. The number of thiophene rings is 1. The number of nitrogens with one attached hydrogen (secondary N) is 1. The molecule has 0 fully saturated rings. The van der Waals surface area contributed by atoms with Gasteiger partial charge in [0.15, 0.2) is 4.34 Å². The molecular weight excluding hydrogens is 338 g/mol. The molecule has 9 heteroatoms. The van der Waals surface area contributed by atoms with Crippen LogP contribution in [-0.2, 0) is 5.75 Å². The molecule has 3 rings (SSSR count). The van der Waals surface area contributed by atoms with E-state index < -0.39 is 0 Å². The highest BCUT2D eigenvalue weighted by Crippen LogP contribution is 2.29. The summed E-state index contributed by atoms with van der Waals surface area (Å²) in [5.41, 5.74) is 0. The maximum atomic E-state index is 5.26. The Morgan fingerprint density at radius 3 is 3.05 bits per heavy atom. The van der Waals surface area contributed by atoms with Crippen LogP contribution in [0.2, 0.25) is 0 Å². The number of hydrogen-bond donors (Lipinski definition) is 1. The molecule has 0 spiro atoms. The van der Waals surface area contributed by atoms with E-state index in [4.69, 9.17) is 4.52 Å². The van der Waals surface area contributed by atoms with Crippen LogP contribution >= 0.6 is 34.4 Å². The highest BCUT2D eigenvalue weighted by atomic mass is 32.2. The van der Waals surface area contributed by atoms with Gasteiger partial charge in [0.1, 0.15) is 0 Å². The molecule has 0 saturated carbocycles. The van der Waals surface area contributed by atoms with Crippen LogP contribution in [-0.4, -0.2) is 26.9 Å². The predicted octanol–water partition coefficient (Wildman–Crippen LogP) is 4.01. The van der Waals surface area contributed by atoms with E-state index in [1.54, 1.807) is 34.4 Å². The lowest BCUT2D eigenvalue weighted by Crippen LogP contribution is -2.07. The van der Waals surface area contributed by atoms with Gasteiger partial charge in [-0.1, -0.05) is 48.2 Å². The van der Waals surface area contributed by atoms with E-state index in [0.29, 0.717) is 23.4 Å². The van der Waals surface area contributed by atoms with Crippen molar-refractivity contribution in [2.24, 2.45) is 5.92 Å². The van der Waals surface area contributed by atoms with Gasteiger partial charge < -0.3 is 9.84 Å². The fraction of sp³-hybridized carbons (Fsp3) is 0.385. The molecule has 0 saturated heterocycles. The first-order valence-corrected chi connectivity index (χ1v) is 9.45. The predicted molar refractivity (Wildman–Crippen MR) is 90.4 cm³/mol. The molecule has 22 heavy (non-hydrogen) atoms. The molecule has 3 heterocycles. The Morgan fingerprint density at radius 1 is 1.36 bits per heavy atom. The van der Waals surface area contributed by atoms with Crippen molar-refractivity contribution in [2.75, 3.05) is 11.9 Å². The molecule has 3 aromatic heterocycles. The molecule has 0 radical (unpaired) electrons. The smallest absolute Gasteiger partial charge is 0.237 e. The Hall–Kier alpha value is -1.45.